The Morgan fingerprint density at radius 2 is 2.47 bits per heavy atom. The molecule has 0 aliphatic heterocycles. The van der Waals surface area contributed by atoms with Crippen molar-refractivity contribution in [3.8, 4) is 0 Å². The predicted octanol–water partition coefficient (Wildman–Crippen LogP) is 0.809. The van der Waals surface area contributed by atoms with Gasteiger partial charge in [-0.05, 0) is 0 Å². The molecule has 7 heteroatoms. The number of halogens is 1. The van der Waals surface area contributed by atoms with Crippen molar-refractivity contribution < 1.29 is 14.3 Å². The summed E-state index contributed by atoms with van der Waals surface area (Å²) in [5, 5.41) is 4.19. The molecule has 0 aromatic carbocycles. The van der Waals surface area contributed by atoms with Gasteiger partial charge in [0.25, 0.3) is 5.91 Å². The number of carbonyl (C=O) groups is 2. The van der Waals surface area contributed by atoms with Crippen LogP contribution in [0, 0.1) is 0 Å². The second kappa shape index (κ2) is 5.82. The molecule has 0 aliphatic rings. The van der Waals surface area contributed by atoms with Crippen LogP contribution in [0.25, 0.3) is 0 Å². The molecule has 15 heavy (non-hydrogen) atoms. The van der Waals surface area contributed by atoms with Crippen LogP contribution in [0.2, 0.25) is 0 Å². The van der Waals surface area contributed by atoms with Gasteiger partial charge in [0.2, 0.25) is 0 Å². The third-order valence-electron chi connectivity index (χ3n) is 1.56. The van der Waals surface area contributed by atoms with Crippen molar-refractivity contribution in [3.05, 3.63) is 16.6 Å². The van der Waals surface area contributed by atoms with Crippen molar-refractivity contribution in [1.29, 1.82) is 0 Å². The summed E-state index contributed by atoms with van der Waals surface area (Å²) in [5.41, 5.74) is 1.92. The molecule has 82 valence electrons. The van der Waals surface area contributed by atoms with Gasteiger partial charge in [0, 0.05) is 11.9 Å². The van der Waals surface area contributed by atoms with Gasteiger partial charge in [-0.1, -0.05) is 15.9 Å². The molecule has 0 spiro atoms. The van der Waals surface area contributed by atoms with E-state index in [9.17, 15) is 9.59 Å². The summed E-state index contributed by atoms with van der Waals surface area (Å²) < 4.78 is 4.48. The van der Waals surface area contributed by atoms with Crippen LogP contribution in [-0.4, -0.2) is 35.3 Å². The number of amides is 1. The van der Waals surface area contributed by atoms with Crippen molar-refractivity contribution >= 4 is 39.1 Å². The van der Waals surface area contributed by atoms with E-state index in [1.54, 1.807) is 10.9 Å². The summed E-state index contributed by atoms with van der Waals surface area (Å²) in [6.07, 6.45) is 0. The van der Waals surface area contributed by atoms with E-state index in [1.165, 1.54) is 18.4 Å². The molecule has 1 amide bonds. The number of thiazole rings is 1. The molecule has 5 nitrogen and oxygen atoms in total. The summed E-state index contributed by atoms with van der Waals surface area (Å²) >= 11 is 4.43. The SMILES string of the molecule is COC(=O)C(Br)CNC(=O)c1cscn1. The zero-order chi connectivity index (χ0) is 11.3. The molecule has 1 aromatic heterocycles. The van der Waals surface area contributed by atoms with Gasteiger partial charge in [0.15, 0.2) is 0 Å². The fourth-order valence-corrected chi connectivity index (χ4v) is 1.69. The maximum absolute atomic E-state index is 11.4. The van der Waals surface area contributed by atoms with Crippen molar-refractivity contribution in [2.75, 3.05) is 13.7 Å². The molecule has 0 aliphatic carbocycles. The highest BCUT2D eigenvalue weighted by atomic mass is 79.9. The Bertz CT molecular complexity index is 342. The monoisotopic (exact) mass is 292 g/mol. The molecule has 0 bridgehead atoms. The third-order valence-corrected chi connectivity index (χ3v) is 2.85. The van der Waals surface area contributed by atoms with E-state index in [0.29, 0.717) is 5.69 Å². The zero-order valence-corrected chi connectivity index (χ0v) is 10.3. The van der Waals surface area contributed by atoms with Crippen LogP contribution >= 0.6 is 27.3 Å². The van der Waals surface area contributed by atoms with E-state index in [1.807, 2.05) is 0 Å². The number of hydrogen-bond donors (Lipinski definition) is 1. The van der Waals surface area contributed by atoms with Crippen molar-refractivity contribution in [1.82, 2.24) is 10.3 Å². The van der Waals surface area contributed by atoms with E-state index >= 15 is 0 Å². The number of methoxy groups -OCH3 is 1. The Morgan fingerprint density at radius 3 is 3.00 bits per heavy atom. The molecule has 0 fully saturated rings. The van der Waals surface area contributed by atoms with E-state index in [-0.39, 0.29) is 12.5 Å². The van der Waals surface area contributed by atoms with Crippen LogP contribution in [0.3, 0.4) is 0 Å². The number of ether oxygens (including phenoxy) is 1. The minimum Gasteiger partial charge on any atom is -0.468 e. The fraction of sp³-hybridized carbons (Fsp3) is 0.375. The van der Waals surface area contributed by atoms with Crippen LogP contribution < -0.4 is 5.32 Å². The van der Waals surface area contributed by atoms with Crippen LogP contribution in [0.1, 0.15) is 10.5 Å². The molecule has 0 saturated carbocycles. The summed E-state index contributed by atoms with van der Waals surface area (Å²) in [7, 11) is 1.29. The first-order valence-electron chi connectivity index (χ1n) is 4.03. The number of hydrogen-bond acceptors (Lipinski definition) is 5. The van der Waals surface area contributed by atoms with Gasteiger partial charge in [-0.2, -0.15) is 0 Å². The van der Waals surface area contributed by atoms with Gasteiger partial charge < -0.3 is 10.1 Å². The molecule has 1 heterocycles. The molecule has 0 radical (unpaired) electrons. The van der Waals surface area contributed by atoms with E-state index in [0.717, 1.165) is 0 Å². The molecule has 0 saturated heterocycles. The van der Waals surface area contributed by atoms with E-state index in [2.05, 4.69) is 31.0 Å². The Kier molecular flexibility index (Phi) is 4.70. The van der Waals surface area contributed by atoms with E-state index < -0.39 is 10.8 Å². The highest BCUT2D eigenvalue weighted by Gasteiger charge is 2.16. The average Bonchev–Trinajstić information content (AvgIpc) is 2.77. The predicted molar refractivity (Wildman–Crippen MR) is 59.2 cm³/mol. The Labute approximate surface area is 99.0 Å². The number of carbonyl (C=O) groups excluding carboxylic acids is 2. The topological polar surface area (TPSA) is 68.3 Å². The van der Waals surface area contributed by atoms with Crippen molar-refractivity contribution in [2.45, 2.75) is 4.83 Å². The first kappa shape index (κ1) is 12.1. The van der Waals surface area contributed by atoms with Crippen LogP contribution in [0.15, 0.2) is 10.9 Å². The molecular weight excluding hydrogens is 284 g/mol. The number of esters is 1. The minimum atomic E-state index is -0.537. The molecule has 1 N–H and O–H groups in total. The lowest BCUT2D eigenvalue weighted by Crippen LogP contribution is -2.34. The molecule has 1 unspecified atom stereocenters. The summed E-state index contributed by atoms with van der Waals surface area (Å²) in [6.45, 7) is 0.170. The van der Waals surface area contributed by atoms with Gasteiger partial charge in [0.05, 0.1) is 12.6 Å². The second-order valence-corrected chi connectivity index (χ2v) is 4.40. The maximum atomic E-state index is 11.4. The van der Waals surface area contributed by atoms with Gasteiger partial charge >= 0.3 is 5.97 Å². The molecule has 1 rings (SSSR count). The second-order valence-electron chi connectivity index (χ2n) is 2.57. The fourth-order valence-electron chi connectivity index (χ4n) is 0.809. The molecule has 1 aromatic rings. The number of nitrogens with one attached hydrogen (secondary N) is 1. The number of aromatic nitrogens is 1. The largest absolute Gasteiger partial charge is 0.468 e. The molecular formula is C8H9BrN2O3S. The molecule has 1 atom stereocenters. The number of alkyl halides is 1. The van der Waals surface area contributed by atoms with Crippen molar-refractivity contribution in [2.24, 2.45) is 0 Å². The van der Waals surface area contributed by atoms with Gasteiger partial charge in [-0.15, -0.1) is 11.3 Å². The average molecular weight is 293 g/mol. The summed E-state index contributed by atoms with van der Waals surface area (Å²) in [4.78, 5) is 25.7. The first-order chi connectivity index (χ1) is 7.15. The van der Waals surface area contributed by atoms with Crippen LogP contribution in [-0.2, 0) is 9.53 Å². The highest BCUT2D eigenvalue weighted by Crippen LogP contribution is 2.03. The van der Waals surface area contributed by atoms with Gasteiger partial charge in [-0.3, -0.25) is 9.59 Å². The lowest BCUT2D eigenvalue weighted by Gasteiger charge is -2.07. The van der Waals surface area contributed by atoms with Gasteiger partial charge in [0.1, 0.15) is 10.5 Å². The lowest BCUT2D eigenvalue weighted by molar-refractivity contribution is -0.139. The van der Waals surface area contributed by atoms with Crippen LogP contribution in [0.5, 0.6) is 0 Å². The first-order valence-corrected chi connectivity index (χ1v) is 5.89. The standard InChI is InChI=1S/C8H9BrN2O3S/c1-14-8(13)5(9)2-10-7(12)6-3-15-4-11-6/h3-5H,2H2,1H3,(H,10,12). The van der Waals surface area contributed by atoms with E-state index in [4.69, 9.17) is 0 Å². The Morgan fingerprint density at radius 1 is 1.73 bits per heavy atom. The lowest BCUT2D eigenvalue weighted by atomic mass is 10.4. The Balaban J connectivity index is 2.38. The summed E-state index contributed by atoms with van der Waals surface area (Å²) in [6, 6.07) is 0. The summed E-state index contributed by atoms with van der Waals surface area (Å²) in [5.74, 6) is -0.724. The normalized spacial score (nSPS) is 11.9. The minimum absolute atomic E-state index is 0.170. The smallest absolute Gasteiger partial charge is 0.321 e. The number of rotatable bonds is 4. The quantitative estimate of drug-likeness (QED) is 0.659. The third kappa shape index (κ3) is 3.60. The number of nitrogens with zero attached hydrogens (tertiary/aromatic N) is 1. The maximum Gasteiger partial charge on any atom is 0.321 e. The zero-order valence-electron chi connectivity index (χ0n) is 7.90. The van der Waals surface area contributed by atoms with Gasteiger partial charge in [-0.25, -0.2) is 4.98 Å². The van der Waals surface area contributed by atoms with Crippen LogP contribution in [0.4, 0.5) is 0 Å². The Hall–Kier alpha value is -0.950. The van der Waals surface area contributed by atoms with Crippen molar-refractivity contribution in [3.63, 3.8) is 0 Å². The highest BCUT2D eigenvalue weighted by molar-refractivity contribution is 9.10.